The van der Waals surface area contributed by atoms with Crippen LogP contribution < -0.4 is 9.80 Å². The topological polar surface area (TPSA) is 83.5 Å². The lowest BCUT2D eigenvalue weighted by atomic mass is 10.1. The molecule has 0 bridgehead atoms. The highest BCUT2D eigenvalue weighted by Crippen LogP contribution is 2.29. The van der Waals surface area contributed by atoms with E-state index in [1.807, 2.05) is 16.8 Å². The first-order valence-corrected chi connectivity index (χ1v) is 14.8. The van der Waals surface area contributed by atoms with Gasteiger partial charge in [0.15, 0.2) is 11.0 Å². The number of anilines is 2. The second kappa shape index (κ2) is 12.6. The number of amides is 1. The molecule has 1 aromatic carbocycles. The van der Waals surface area contributed by atoms with E-state index >= 15 is 0 Å². The molecular weight excluding hydrogens is 539 g/mol. The van der Waals surface area contributed by atoms with Gasteiger partial charge in [-0.15, -0.1) is 12.6 Å². The number of hydrogen-bond acceptors (Lipinski definition) is 5. The molecule has 218 valence electrons. The van der Waals surface area contributed by atoms with E-state index in [4.69, 9.17) is 10.4 Å². The van der Waals surface area contributed by atoms with Crippen LogP contribution in [0.4, 0.5) is 15.9 Å². The molecule has 3 aromatic rings. The van der Waals surface area contributed by atoms with E-state index in [2.05, 4.69) is 57.9 Å². The maximum Gasteiger partial charge on any atom is 0.236 e. The Labute approximate surface area is 246 Å². The summed E-state index contributed by atoms with van der Waals surface area (Å²) in [7, 11) is 1.87. The molecule has 11 heteroatoms. The Kier molecular flexibility index (Phi) is 8.94. The summed E-state index contributed by atoms with van der Waals surface area (Å²) in [6.45, 7) is 9.78. The molecule has 41 heavy (non-hydrogen) atoms. The number of aromatic nitrogens is 2. The molecule has 0 unspecified atom stereocenters. The normalized spacial score (nSPS) is 16.9. The van der Waals surface area contributed by atoms with Crippen LogP contribution >= 0.6 is 12.6 Å². The van der Waals surface area contributed by atoms with Gasteiger partial charge in [-0.05, 0) is 68.5 Å². The second-order valence-corrected chi connectivity index (χ2v) is 11.2. The molecule has 1 amide bonds. The number of piperidine rings is 1. The van der Waals surface area contributed by atoms with Crippen LogP contribution in [0.5, 0.6) is 0 Å². The number of fused-ring (bicyclic) bond motifs is 1. The summed E-state index contributed by atoms with van der Waals surface area (Å²) in [5.41, 5.74) is 4.45. The van der Waals surface area contributed by atoms with Crippen LogP contribution in [0.15, 0.2) is 41.5 Å². The van der Waals surface area contributed by atoms with E-state index < -0.39 is 0 Å². The number of nitrogens with one attached hydrogen (secondary N) is 1. The summed E-state index contributed by atoms with van der Waals surface area (Å²) >= 11 is 4.63. The third-order valence-electron chi connectivity index (χ3n) is 8.02. The summed E-state index contributed by atoms with van der Waals surface area (Å²) in [4.78, 5) is 30.6. The van der Waals surface area contributed by atoms with Gasteiger partial charge in [-0.3, -0.25) is 19.5 Å². The number of thiol groups is 1. The molecule has 0 spiro atoms. The molecule has 2 aromatic heterocycles. The number of aryl methyl sites for hydroxylation is 2. The van der Waals surface area contributed by atoms with Crippen molar-refractivity contribution < 1.29 is 9.18 Å². The number of likely N-dealkylation sites (tertiary alicyclic amines) is 1. The van der Waals surface area contributed by atoms with Crippen molar-refractivity contribution >= 4 is 46.7 Å². The van der Waals surface area contributed by atoms with Gasteiger partial charge in [0.1, 0.15) is 17.3 Å². The average molecular weight is 579 g/mol. The second-order valence-electron chi connectivity index (χ2n) is 10.8. The Morgan fingerprint density at radius 1 is 1.10 bits per heavy atom. The van der Waals surface area contributed by atoms with Crippen molar-refractivity contribution in [1.29, 1.82) is 5.41 Å². The first-order chi connectivity index (χ1) is 19.7. The Balaban J connectivity index is 1.34. The Morgan fingerprint density at radius 3 is 2.44 bits per heavy atom. The van der Waals surface area contributed by atoms with Crippen molar-refractivity contribution in [2.24, 2.45) is 4.99 Å². The summed E-state index contributed by atoms with van der Waals surface area (Å²) in [6, 6.07) is 7.88. The monoisotopic (exact) mass is 578 g/mol. The van der Waals surface area contributed by atoms with Crippen LogP contribution in [-0.2, 0) is 11.2 Å². The van der Waals surface area contributed by atoms with Gasteiger partial charge in [-0.25, -0.2) is 14.4 Å². The van der Waals surface area contributed by atoms with E-state index in [9.17, 15) is 9.18 Å². The summed E-state index contributed by atoms with van der Waals surface area (Å²) in [5.74, 6) is 0.747. The van der Waals surface area contributed by atoms with Gasteiger partial charge in [0.2, 0.25) is 5.91 Å². The number of carbonyl (C=O) groups is 1. The number of benzene rings is 1. The van der Waals surface area contributed by atoms with E-state index in [0.29, 0.717) is 17.3 Å². The van der Waals surface area contributed by atoms with Crippen LogP contribution in [0.3, 0.4) is 0 Å². The maximum atomic E-state index is 13.3. The SMILES string of the molecule is CCc1nc2c(C)cc(N3CCN(CC(=O)N4CCCCC4)CC3)cn2c1N(C)/C(S)=N/C(=N)c1ccc(F)cc1. The highest BCUT2D eigenvalue weighted by Gasteiger charge is 2.25. The minimum absolute atomic E-state index is 0.00206. The van der Waals surface area contributed by atoms with Crippen LogP contribution in [0.2, 0.25) is 0 Å². The highest BCUT2D eigenvalue weighted by molar-refractivity contribution is 7.97. The molecule has 2 aliphatic heterocycles. The summed E-state index contributed by atoms with van der Waals surface area (Å²) < 4.78 is 15.4. The molecule has 4 heterocycles. The van der Waals surface area contributed by atoms with Gasteiger partial charge >= 0.3 is 0 Å². The van der Waals surface area contributed by atoms with E-state index in [1.165, 1.54) is 30.7 Å². The number of hydrogen-bond donors (Lipinski definition) is 2. The number of pyridine rings is 1. The van der Waals surface area contributed by atoms with Crippen molar-refractivity contribution in [3.63, 3.8) is 0 Å². The standard InChI is InChI=1S/C30H39FN8OS/c1-4-25-29(35(3)30(41)34-27(32)22-8-10-23(31)11-9-22)39-19-24(18-21(2)28(39)33-25)37-16-14-36(15-17-37)20-26(40)38-12-6-5-7-13-38/h8-11,18-19H,4-7,12-17,20H2,1-3H3,(H2,32,34,41). The fourth-order valence-corrected chi connectivity index (χ4v) is 5.83. The van der Waals surface area contributed by atoms with Crippen molar-refractivity contribution in [1.82, 2.24) is 19.2 Å². The molecule has 0 aliphatic carbocycles. The number of piperazine rings is 1. The van der Waals surface area contributed by atoms with Gasteiger partial charge in [0.25, 0.3) is 0 Å². The van der Waals surface area contributed by atoms with Crippen LogP contribution in [-0.4, -0.2) is 89.0 Å². The summed E-state index contributed by atoms with van der Waals surface area (Å²) in [6.07, 6.45) is 6.29. The minimum Gasteiger partial charge on any atom is -0.368 e. The van der Waals surface area contributed by atoms with Gasteiger partial charge in [0.05, 0.1) is 17.9 Å². The van der Waals surface area contributed by atoms with Crippen molar-refractivity contribution in [2.45, 2.75) is 39.5 Å². The minimum atomic E-state index is -0.356. The Morgan fingerprint density at radius 2 is 1.78 bits per heavy atom. The van der Waals surface area contributed by atoms with Gasteiger partial charge < -0.3 is 14.7 Å². The van der Waals surface area contributed by atoms with Gasteiger partial charge in [-0.2, -0.15) is 0 Å². The number of nitrogens with zero attached hydrogens (tertiary/aromatic N) is 7. The molecule has 0 radical (unpaired) electrons. The largest absolute Gasteiger partial charge is 0.368 e. The van der Waals surface area contributed by atoms with E-state index in [1.54, 1.807) is 0 Å². The molecule has 0 saturated carbocycles. The van der Waals surface area contributed by atoms with Gasteiger partial charge in [0, 0.05) is 58.1 Å². The molecular formula is C30H39FN8OS. The zero-order valence-corrected chi connectivity index (χ0v) is 25.0. The number of imidazole rings is 1. The smallest absolute Gasteiger partial charge is 0.236 e. The molecule has 2 aliphatic rings. The highest BCUT2D eigenvalue weighted by atomic mass is 32.1. The number of amidine groups is 2. The van der Waals surface area contributed by atoms with E-state index in [0.717, 1.165) is 86.9 Å². The van der Waals surface area contributed by atoms with Crippen molar-refractivity contribution in [3.05, 3.63) is 59.2 Å². The van der Waals surface area contributed by atoms with E-state index in [-0.39, 0.29) is 17.6 Å². The average Bonchev–Trinajstić information content (AvgIpc) is 3.37. The third kappa shape index (κ3) is 6.41. The predicted molar refractivity (Wildman–Crippen MR) is 166 cm³/mol. The molecule has 5 rings (SSSR count). The lowest BCUT2D eigenvalue weighted by Crippen LogP contribution is -2.50. The molecule has 1 N–H and O–H groups in total. The van der Waals surface area contributed by atoms with Crippen LogP contribution in [0.25, 0.3) is 5.65 Å². The van der Waals surface area contributed by atoms with Crippen LogP contribution in [0.1, 0.15) is 43.0 Å². The number of aliphatic imine (C=N–C) groups is 1. The zero-order valence-electron chi connectivity index (χ0n) is 24.1. The Bertz CT molecular complexity index is 1440. The lowest BCUT2D eigenvalue weighted by molar-refractivity contribution is -0.133. The fourth-order valence-electron chi connectivity index (χ4n) is 5.63. The van der Waals surface area contributed by atoms with Crippen molar-refractivity contribution in [3.8, 4) is 0 Å². The van der Waals surface area contributed by atoms with Crippen molar-refractivity contribution in [2.75, 3.05) is 62.7 Å². The quantitative estimate of drug-likeness (QED) is 0.260. The molecule has 9 nitrogen and oxygen atoms in total. The number of carbonyl (C=O) groups excluding carboxylic acids is 1. The maximum absolute atomic E-state index is 13.3. The first-order valence-electron chi connectivity index (χ1n) is 14.4. The molecule has 2 fully saturated rings. The third-order valence-corrected chi connectivity index (χ3v) is 8.42. The molecule has 2 saturated heterocycles. The number of rotatable bonds is 6. The number of halogens is 1. The summed E-state index contributed by atoms with van der Waals surface area (Å²) in [5, 5.41) is 8.73. The van der Waals surface area contributed by atoms with Crippen LogP contribution in [0, 0.1) is 18.2 Å². The predicted octanol–water partition coefficient (Wildman–Crippen LogP) is 4.23. The zero-order chi connectivity index (χ0) is 29.1. The Hall–Kier alpha value is -3.44. The van der Waals surface area contributed by atoms with Gasteiger partial charge in [-0.1, -0.05) is 6.92 Å². The lowest BCUT2D eigenvalue weighted by Gasteiger charge is -2.37. The first kappa shape index (κ1) is 29.1. The fraction of sp³-hybridized carbons (Fsp3) is 0.467. The molecule has 0 atom stereocenters.